The Morgan fingerprint density at radius 1 is 1.06 bits per heavy atom. The highest BCUT2D eigenvalue weighted by atomic mass is 127. The number of hydrogen-bond acceptors (Lipinski definition) is 3. The third-order valence-electron chi connectivity index (χ3n) is 6.49. The Labute approximate surface area is 209 Å². The number of hydrogen-bond donors (Lipinski definition) is 1. The number of aryl methyl sites for hydroxylation is 2. The lowest BCUT2D eigenvalue weighted by Gasteiger charge is -2.37. The van der Waals surface area contributed by atoms with Gasteiger partial charge in [0.1, 0.15) is 6.10 Å². The van der Waals surface area contributed by atoms with Crippen molar-refractivity contribution >= 4 is 29.9 Å². The first kappa shape index (κ1) is 25.0. The van der Waals surface area contributed by atoms with Crippen molar-refractivity contribution in [2.45, 2.75) is 38.9 Å². The molecule has 3 atom stereocenters. The first-order valence-electron chi connectivity index (χ1n) is 11.5. The molecular formula is C26H36IN3O2. The maximum Gasteiger partial charge on any atom is 0.193 e. The Morgan fingerprint density at radius 2 is 1.84 bits per heavy atom. The van der Waals surface area contributed by atoms with Crippen LogP contribution in [0.25, 0.3) is 0 Å². The predicted molar refractivity (Wildman–Crippen MR) is 141 cm³/mol. The lowest BCUT2D eigenvalue weighted by Crippen LogP contribution is -2.49. The summed E-state index contributed by atoms with van der Waals surface area (Å²) in [6.45, 7) is 8.35. The highest BCUT2D eigenvalue weighted by molar-refractivity contribution is 14.0. The smallest absolute Gasteiger partial charge is 0.193 e. The van der Waals surface area contributed by atoms with Crippen LogP contribution in [0.1, 0.15) is 47.3 Å². The number of morpholine rings is 1. The van der Waals surface area contributed by atoms with Crippen LogP contribution in [-0.4, -0.2) is 50.8 Å². The van der Waals surface area contributed by atoms with Crippen LogP contribution < -0.4 is 5.32 Å². The number of nitrogens with one attached hydrogen (secondary N) is 1. The maximum absolute atomic E-state index is 6.20. The molecule has 5 nitrogen and oxygen atoms in total. The van der Waals surface area contributed by atoms with Gasteiger partial charge in [0.2, 0.25) is 0 Å². The van der Waals surface area contributed by atoms with E-state index < -0.39 is 0 Å². The number of guanidine groups is 1. The number of benzene rings is 2. The van der Waals surface area contributed by atoms with E-state index in [2.05, 4.69) is 77.6 Å². The highest BCUT2D eigenvalue weighted by Gasteiger charge is 2.29. The first-order valence-corrected chi connectivity index (χ1v) is 11.5. The van der Waals surface area contributed by atoms with Gasteiger partial charge in [-0.25, -0.2) is 0 Å². The molecule has 0 aliphatic carbocycles. The molecule has 0 aromatic heterocycles. The van der Waals surface area contributed by atoms with Crippen molar-refractivity contribution < 1.29 is 9.47 Å². The lowest BCUT2D eigenvalue weighted by atomic mass is 9.89. The second-order valence-electron chi connectivity index (χ2n) is 8.69. The maximum atomic E-state index is 6.20. The Morgan fingerprint density at radius 3 is 2.59 bits per heavy atom. The van der Waals surface area contributed by atoms with Gasteiger partial charge in [-0.2, -0.15) is 0 Å². The zero-order valence-electron chi connectivity index (χ0n) is 19.4. The van der Waals surface area contributed by atoms with Crippen molar-refractivity contribution in [3.63, 3.8) is 0 Å². The molecule has 32 heavy (non-hydrogen) atoms. The summed E-state index contributed by atoms with van der Waals surface area (Å²) in [6.07, 6.45) is 2.49. The van der Waals surface area contributed by atoms with Gasteiger partial charge in [-0.1, -0.05) is 54.1 Å². The van der Waals surface area contributed by atoms with Crippen molar-refractivity contribution in [3.8, 4) is 0 Å². The first-order chi connectivity index (χ1) is 15.2. The van der Waals surface area contributed by atoms with E-state index in [1.807, 2.05) is 7.05 Å². The number of aliphatic imine (C=N–C) groups is 1. The largest absolute Gasteiger partial charge is 0.373 e. The summed E-state index contributed by atoms with van der Waals surface area (Å²) in [5.74, 6) is 1.39. The van der Waals surface area contributed by atoms with Crippen LogP contribution in [0, 0.1) is 19.8 Å². The van der Waals surface area contributed by atoms with Crippen LogP contribution in [0.3, 0.4) is 0 Å². The summed E-state index contributed by atoms with van der Waals surface area (Å²) in [6, 6.07) is 17.3. The molecular weight excluding hydrogens is 513 g/mol. The van der Waals surface area contributed by atoms with Gasteiger partial charge in [-0.3, -0.25) is 4.99 Å². The van der Waals surface area contributed by atoms with Gasteiger partial charge >= 0.3 is 0 Å². The fraction of sp³-hybridized carbons (Fsp3) is 0.500. The molecule has 1 N–H and O–H groups in total. The zero-order chi connectivity index (χ0) is 21.6. The van der Waals surface area contributed by atoms with E-state index in [1.54, 1.807) is 0 Å². The summed E-state index contributed by atoms with van der Waals surface area (Å²) in [7, 11) is 1.87. The van der Waals surface area contributed by atoms with Crippen molar-refractivity contribution in [1.29, 1.82) is 0 Å². The fourth-order valence-corrected chi connectivity index (χ4v) is 4.71. The molecule has 0 saturated carbocycles. The van der Waals surface area contributed by atoms with Crippen LogP contribution >= 0.6 is 24.0 Å². The minimum absolute atomic E-state index is 0. The van der Waals surface area contributed by atoms with E-state index >= 15 is 0 Å². The molecule has 2 heterocycles. The average Bonchev–Trinajstić information content (AvgIpc) is 2.81. The quantitative estimate of drug-likeness (QED) is 0.330. The van der Waals surface area contributed by atoms with Gasteiger partial charge in [-0.05, 0) is 43.4 Å². The molecule has 174 valence electrons. The van der Waals surface area contributed by atoms with E-state index in [0.717, 1.165) is 45.0 Å². The molecule has 2 fully saturated rings. The van der Waals surface area contributed by atoms with Crippen LogP contribution in [0.4, 0.5) is 0 Å². The molecule has 0 spiro atoms. The Hall–Kier alpha value is -1.64. The monoisotopic (exact) mass is 549 g/mol. The van der Waals surface area contributed by atoms with E-state index in [-0.39, 0.29) is 36.2 Å². The summed E-state index contributed by atoms with van der Waals surface area (Å²) in [5.41, 5.74) is 5.10. The normalized spacial score (nSPS) is 24.0. The Kier molecular flexibility index (Phi) is 9.37. The third kappa shape index (κ3) is 6.02. The van der Waals surface area contributed by atoms with Crippen molar-refractivity contribution in [3.05, 3.63) is 70.8 Å². The fourth-order valence-electron chi connectivity index (χ4n) is 4.71. The zero-order valence-corrected chi connectivity index (χ0v) is 21.8. The van der Waals surface area contributed by atoms with Crippen molar-refractivity contribution in [1.82, 2.24) is 10.2 Å². The number of halogens is 1. The molecule has 2 aliphatic rings. The predicted octanol–water partition coefficient (Wildman–Crippen LogP) is 5.04. The minimum atomic E-state index is 0. The van der Waals surface area contributed by atoms with Gasteiger partial charge in [0.25, 0.3) is 0 Å². The molecule has 0 bridgehead atoms. The van der Waals surface area contributed by atoms with Crippen LogP contribution in [0.2, 0.25) is 0 Å². The van der Waals surface area contributed by atoms with E-state index in [1.165, 1.54) is 22.3 Å². The summed E-state index contributed by atoms with van der Waals surface area (Å²) in [4.78, 5) is 6.92. The highest BCUT2D eigenvalue weighted by Crippen LogP contribution is 2.33. The SMILES string of the molecule is CN=C(NCC1CCCOC1c1ccc(C)cc1)N1CCOC(c2ccccc2C)C1.I. The van der Waals surface area contributed by atoms with Gasteiger partial charge in [0.05, 0.1) is 19.3 Å². The van der Waals surface area contributed by atoms with Crippen molar-refractivity contribution in [2.24, 2.45) is 10.9 Å². The average molecular weight is 549 g/mol. The van der Waals surface area contributed by atoms with Crippen LogP contribution in [0.5, 0.6) is 0 Å². The molecule has 3 unspecified atom stereocenters. The van der Waals surface area contributed by atoms with Crippen molar-refractivity contribution in [2.75, 3.05) is 39.9 Å². The lowest BCUT2D eigenvalue weighted by molar-refractivity contribution is -0.0276. The number of nitrogens with zero attached hydrogens (tertiary/aromatic N) is 2. The molecule has 0 radical (unpaired) electrons. The van der Waals surface area contributed by atoms with E-state index in [4.69, 9.17) is 9.47 Å². The molecule has 2 aromatic carbocycles. The molecule has 2 saturated heterocycles. The topological polar surface area (TPSA) is 46.1 Å². The van der Waals surface area contributed by atoms with Gasteiger partial charge < -0.3 is 19.7 Å². The van der Waals surface area contributed by atoms with Gasteiger partial charge in [0.15, 0.2) is 5.96 Å². The Bertz CT molecular complexity index is 887. The third-order valence-corrected chi connectivity index (χ3v) is 6.49. The van der Waals surface area contributed by atoms with E-state index in [0.29, 0.717) is 12.5 Å². The summed E-state index contributed by atoms with van der Waals surface area (Å²) in [5, 5.41) is 3.65. The Balaban J connectivity index is 0.00000289. The summed E-state index contributed by atoms with van der Waals surface area (Å²) < 4.78 is 12.3. The second-order valence-corrected chi connectivity index (χ2v) is 8.69. The number of ether oxygens (including phenoxy) is 2. The minimum Gasteiger partial charge on any atom is -0.373 e. The molecule has 2 aromatic rings. The molecule has 2 aliphatic heterocycles. The van der Waals surface area contributed by atoms with Gasteiger partial charge in [-0.15, -0.1) is 24.0 Å². The summed E-state index contributed by atoms with van der Waals surface area (Å²) >= 11 is 0. The number of rotatable bonds is 4. The molecule has 4 rings (SSSR count). The standard InChI is InChI=1S/C26H35N3O2.HI/c1-19-10-12-21(13-11-19)25-22(8-6-15-31-25)17-28-26(27-3)29-14-16-30-24(18-29)23-9-5-4-7-20(23)2;/h4-5,7,9-13,22,24-25H,6,8,14-18H2,1-3H3,(H,27,28);1H. The van der Waals surface area contributed by atoms with E-state index in [9.17, 15) is 0 Å². The molecule has 0 amide bonds. The van der Waals surface area contributed by atoms with Crippen LogP contribution in [0.15, 0.2) is 53.5 Å². The molecule has 6 heteroatoms. The second kappa shape index (κ2) is 12.0. The van der Waals surface area contributed by atoms with Crippen LogP contribution in [-0.2, 0) is 9.47 Å². The van der Waals surface area contributed by atoms with Gasteiger partial charge in [0, 0.05) is 32.7 Å².